The Labute approximate surface area is 118 Å². The number of methoxy groups -OCH3 is 1. The monoisotopic (exact) mass is 298 g/mol. The Morgan fingerprint density at radius 2 is 1.85 bits per heavy atom. The number of nitrogens with one attached hydrogen (secondary N) is 1. The highest BCUT2D eigenvalue weighted by Gasteiger charge is 2.25. The molecular formula is C13H18N2O4S. The molecule has 1 N–H and O–H groups in total. The van der Waals surface area contributed by atoms with Crippen LogP contribution >= 0.6 is 0 Å². The second-order valence-electron chi connectivity index (χ2n) is 4.63. The van der Waals surface area contributed by atoms with E-state index < -0.39 is 16.0 Å². The molecule has 1 heterocycles. The Morgan fingerprint density at radius 1 is 1.20 bits per heavy atom. The normalized spacial score (nSPS) is 16.9. The summed E-state index contributed by atoms with van der Waals surface area (Å²) in [6, 6.07) is 6.03. The van der Waals surface area contributed by atoms with Crippen LogP contribution in [-0.2, 0) is 14.8 Å². The molecule has 1 aromatic rings. The van der Waals surface area contributed by atoms with Crippen LogP contribution in [0.1, 0.15) is 29.6 Å². The number of rotatable bonds is 4. The number of sulfonamides is 1. The van der Waals surface area contributed by atoms with Crippen LogP contribution in [0.2, 0.25) is 0 Å². The van der Waals surface area contributed by atoms with Gasteiger partial charge in [0, 0.05) is 13.1 Å². The first kappa shape index (κ1) is 15.0. The molecule has 2 rings (SSSR count). The molecule has 110 valence electrons. The Morgan fingerprint density at radius 3 is 2.50 bits per heavy atom. The number of ether oxygens (including phenoxy) is 1. The number of piperidine rings is 1. The minimum atomic E-state index is -3.77. The first-order valence-corrected chi connectivity index (χ1v) is 7.97. The summed E-state index contributed by atoms with van der Waals surface area (Å²) in [6.07, 6.45) is 3.03. The molecule has 1 saturated heterocycles. The average molecular weight is 298 g/mol. The van der Waals surface area contributed by atoms with Crippen molar-refractivity contribution in [2.24, 2.45) is 0 Å². The number of hydrazine groups is 1. The van der Waals surface area contributed by atoms with Crippen molar-refractivity contribution in [1.29, 1.82) is 0 Å². The quantitative estimate of drug-likeness (QED) is 0.844. The highest BCUT2D eigenvalue weighted by atomic mass is 32.2. The first-order valence-electron chi connectivity index (χ1n) is 6.49. The van der Waals surface area contributed by atoms with E-state index >= 15 is 0 Å². The molecule has 20 heavy (non-hydrogen) atoms. The van der Waals surface area contributed by atoms with E-state index in [-0.39, 0.29) is 10.5 Å². The van der Waals surface area contributed by atoms with E-state index in [1.165, 1.54) is 19.2 Å². The maximum atomic E-state index is 12.4. The van der Waals surface area contributed by atoms with E-state index in [0.29, 0.717) is 13.1 Å². The van der Waals surface area contributed by atoms with Crippen molar-refractivity contribution in [2.75, 3.05) is 20.2 Å². The minimum absolute atomic E-state index is 0.0412. The molecule has 0 aromatic heterocycles. The lowest BCUT2D eigenvalue weighted by molar-refractivity contribution is 0.0596. The third kappa shape index (κ3) is 3.36. The summed E-state index contributed by atoms with van der Waals surface area (Å²) in [7, 11) is -2.54. The lowest BCUT2D eigenvalue weighted by atomic mass is 10.2. The van der Waals surface area contributed by atoms with Gasteiger partial charge in [0.05, 0.1) is 17.6 Å². The lowest BCUT2D eigenvalue weighted by Crippen LogP contribution is -2.45. The molecule has 1 aliphatic heterocycles. The zero-order valence-electron chi connectivity index (χ0n) is 11.3. The number of hydrogen-bond donors (Lipinski definition) is 1. The summed E-state index contributed by atoms with van der Waals surface area (Å²) in [6.45, 7) is 1.36. The fraction of sp³-hybridized carbons (Fsp3) is 0.462. The summed E-state index contributed by atoms with van der Waals surface area (Å²) in [5, 5.41) is 1.67. The Bertz CT molecular complexity index is 580. The Hall–Kier alpha value is -1.44. The molecule has 0 radical (unpaired) electrons. The van der Waals surface area contributed by atoms with Crippen molar-refractivity contribution in [3.8, 4) is 0 Å². The lowest BCUT2D eigenvalue weighted by Gasteiger charge is -2.26. The number of carbonyl (C=O) groups excluding carboxylic acids is 1. The van der Waals surface area contributed by atoms with E-state index in [1.807, 2.05) is 0 Å². The van der Waals surface area contributed by atoms with E-state index in [9.17, 15) is 13.2 Å². The van der Waals surface area contributed by atoms with Gasteiger partial charge in [-0.1, -0.05) is 18.6 Å². The van der Waals surface area contributed by atoms with Gasteiger partial charge in [0.25, 0.3) is 10.0 Å². The van der Waals surface area contributed by atoms with E-state index in [4.69, 9.17) is 0 Å². The van der Waals surface area contributed by atoms with Crippen LogP contribution in [0, 0.1) is 0 Å². The van der Waals surface area contributed by atoms with Crippen LogP contribution in [0.3, 0.4) is 0 Å². The van der Waals surface area contributed by atoms with Crippen LogP contribution < -0.4 is 4.83 Å². The number of nitrogens with zero attached hydrogens (tertiary/aromatic N) is 1. The zero-order valence-corrected chi connectivity index (χ0v) is 12.1. The summed E-state index contributed by atoms with van der Waals surface area (Å²) in [5.41, 5.74) is 0.0412. The van der Waals surface area contributed by atoms with Gasteiger partial charge in [-0.05, 0) is 25.0 Å². The van der Waals surface area contributed by atoms with Gasteiger partial charge in [0.2, 0.25) is 0 Å². The predicted molar refractivity (Wildman–Crippen MR) is 73.5 cm³/mol. The summed E-state index contributed by atoms with van der Waals surface area (Å²) >= 11 is 0. The fourth-order valence-corrected chi connectivity index (χ4v) is 3.50. The second kappa shape index (κ2) is 6.34. The molecule has 0 spiro atoms. The van der Waals surface area contributed by atoms with Gasteiger partial charge in [-0.15, -0.1) is 4.83 Å². The highest BCUT2D eigenvalue weighted by molar-refractivity contribution is 7.89. The second-order valence-corrected chi connectivity index (χ2v) is 6.26. The van der Waals surface area contributed by atoms with Gasteiger partial charge in [-0.3, -0.25) is 0 Å². The van der Waals surface area contributed by atoms with E-state index in [0.717, 1.165) is 19.3 Å². The van der Waals surface area contributed by atoms with Crippen LogP contribution in [0.4, 0.5) is 0 Å². The van der Waals surface area contributed by atoms with Crippen molar-refractivity contribution >= 4 is 16.0 Å². The van der Waals surface area contributed by atoms with Crippen LogP contribution in [0.5, 0.6) is 0 Å². The smallest absolute Gasteiger partial charge is 0.339 e. The molecule has 0 amide bonds. The molecule has 0 aliphatic carbocycles. The molecule has 6 nitrogen and oxygen atoms in total. The molecule has 0 saturated carbocycles. The molecule has 0 bridgehead atoms. The molecule has 1 aromatic carbocycles. The standard InChI is InChI=1S/C13H18N2O4S/c1-19-13(16)11-7-3-4-8-12(11)20(17,18)14-15-9-5-2-6-10-15/h3-4,7-8,14H,2,5-6,9-10H2,1H3. The third-order valence-corrected chi connectivity index (χ3v) is 4.62. The number of esters is 1. The molecule has 1 aliphatic rings. The summed E-state index contributed by atoms with van der Waals surface area (Å²) in [5.74, 6) is -0.662. The predicted octanol–water partition coefficient (Wildman–Crippen LogP) is 1.15. The van der Waals surface area contributed by atoms with Crippen LogP contribution in [-0.4, -0.2) is 39.6 Å². The molecular weight excluding hydrogens is 280 g/mol. The fourth-order valence-electron chi connectivity index (χ4n) is 2.18. The molecule has 1 fully saturated rings. The van der Waals surface area contributed by atoms with Crippen molar-refractivity contribution < 1.29 is 17.9 Å². The van der Waals surface area contributed by atoms with Gasteiger partial charge in [0.1, 0.15) is 0 Å². The Balaban J connectivity index is 2.27. The SMILES string of the molecule is COC(=O)c1ccccc1S(=O)(=O)NN1CCCCC1. The van der Waals surface area contributed by atoms with Crippen molar-refractivity contribution in [1.82, 2.24) is 9.84 Å². The number of benzene rings is 1. The van der Waals surface area contributed by atoms with E-state index in [2.05, 4.69) is 9.57 Å². The van der Waals surface area contributed by atoms with Gasteiger partial charge in [0.15, 0.2) is 0 Å². The maximum Gasteiger partial charge on any atom is 0.339 e. The van der Waals surface area contributed by atoms with Crippen molar-refractivity contribution in [3.05, 3.63) is 29.8 Å². The van der Waals surface area contributed by atoms with Gasteiger partial charge >= 0.3 is 5.97 Å². The highest BCUT2D eigenvalue weighted by Crippen LogP contribution is 2.17. The minimum Gasteiger partial charge on any atom is -0.465 e. The average Bonchev–Trinajstić information content (AvgIpc) is 2.47. The van der Waals surface area contributed by atoms with Crippen molar-refractivity contribution in [3.63, 3.8) is 0 Å². The van der Waals surface area contributed by atoms with Gasteiger partial charge in [-0.2, -0.15) is 0 Å². The first-order chi connectivity index (χ1) is 9.54. The molecule has 0 unspecified atom stereocenters. The summed E-state index contributed by atoms with van der Waals surface area (Å²) < 4.78 is 29.4. The molecule has 7 heteroatoms. The third-order valence-electron chi connectivity index (χ3n) is 3.19. The number of hydrogen-bond acceptors (Lipinski definition) is 5. The van der Waals surface area contributed by atoms with Crippen LogP contribution in [0.15, 0.2) is 29.2 Å². The number of carbonyl (C=O) groups is 1. The van der Waals surface area contributed by atoms with E-state index in [1.54, 1.807) is 17.1 Å². The van der Waals surface area contributed by atoms with Gasteiger partial charge < -0.3 is 4.74 Å². The van der Waals surface area contributed by atoms with Crippen LogP contribution in [0.25, 0.3) is 0 Å². The molecule has 0 atom stereocenters. The largest absolute Gasteiger partial charge is 0.465 e. The van der Waals surface area contributed by atoms with Crippen molar-refractivity contribution in [2.45, 2.75) is 24.2 Å². The summed E-state index contributed by atoms with van der Waals surface area (Å²) in [4.78, 5) is 14.1. The topological polar surface area (TPSA) is 75.7 Å². The maximum absolute atomic E-state index is 12.4. The Kier molecular flexibility index (Phi) is 4.74. The van der Waals surface area contributed by atoms with Gasteiger partial charge in [-0.25, -0.2) is 18.2 Å². The zero-order chi connectivity index (χ0) is 14.6.